The second-order valence-corrected chi connectivity index (χ2v) is 4.26. The van der Waals surface area contributed by atoms with Gasteiger partial charge in [0.2, 0.25) is 0 Å². The van der Waals surface area contributed by atoms with Gasteiger partial charge in [-0.15, -0.1) is 0 Å². The highest BCUT2D eigenvalue weighted by molar-refractivity contribution is 5.76. The maximum atomic E-state index is 9.11. The molecule has 0 saturated carbocycles. The molecule has 3 rings (SSSR count). The van der Waals surface area contributed by atoms with Crippen molar-refractivity contribution in [1.82, 2.24) is 0 Å². The molecule has 88 valence electrons. The fourth-order valence-electron chi connectivity index (χ4n) is 2.21. The molecular weight excluding hydrogens is 226 g/mol. The Hall–Kier alpha value is -2.31. The van der Waals surface area contributed by atoms with Crippen LogP contribution in [0.2, 0.25) is 0 Å². The van der Waals surface area contributed by atoms with Gasteiger partial charge < -0.3 is 9.84 Å². The number of aliphatic hydroxyl groups excluding tert-OH is 1. The molecule has 1 aliphatic rings. The Bertz CT molecular complexity index is 656. The molecule has 2 aromatic rings. The number of hydrogen-bond donors (Lipinski definition) is 1. The molecule has 0 bridgehead atoms. The summed E-state index contributed by atoms with van der Waals surface area (Å²) in [6, 6.07) is 13.4. The fraction of sp³-hybridized carbons (Fsp3) is 0.133. The Labute approximate surface area is 105 Å². The van der Waals surface area contributed by atoms with Crippen LogP contribution >= 0.6 is 0 Å². The summed E-state index contributed by atoms with van der Waals surface area (Å²) in [5, 5.41) is 18.0. The molecular formula is C15H11NO2. The average molecular weight is 237 g/mol. The molecule has 0 aromatic heterocycles. The van der Waals surface area contributed by atoms with Crippen LogP contribution in [0.15, 0.2) is 36.4 Å². The van der Waals surface area contributed by atoms with E-state index in [1.807, 2.05) is 36.4 Å². The SMILES string of the molecule is N#Cc1ccc2c(c1)COc1cc(CO)ccc1-2. The van der Waals surface area contributed by atoms with Crippen LogP contribution in [-0.2, 0) is 13.2 Å². The highest BCUT2D eigenvalue weighted by Crippen LogP contribution is 2.38. The quantitative estimate of drug-likeness (QED) is 0.829. The number of nitrogens with zero attached hydrogens (tertiary/aromatic N) is 1. The molecule has 0 unspecified atom stereocenters. The molecule has 0 radical (unpaired) electrons. The van der Waals surface area contributed by atoms with E-state index < -0.39 is 0 Å². The van der Waals surface area contributed by atoms with Crippen molar-refractivity contribution in [2.24, 2.45) is 0 Å². The Balaban J connectivity index is 2.15. The van der Waals surface area contributed by atoms with Gasteiger partial charge in [0.25, 0.3) is 0 Å². The van der Waals surface area contributed by atoms with Crippen molar-refractivity contribution in [3.63, 3.8) is 0 Å². The summed E-state index contributed by atoms with van der Waals surface area (Å²) in [4.78, 5) is 0. The Morgan fingerprint density at radius 3 is 2.78 bits per heavy atom. The van der Waals surface area contributed by atoms with E-state index in [1.165, 1.54) is 0 Å². The van der Waals surface area contributed by atoms with E-state index in [1.54, 1.807) is 0 Å². The van der Waals surface area contributed by atoms with Gasteiger partial charge in [-0.3, -0.25) is 0 Å². The highest BCUT2D eigenvalue weighted by Gasteiger charge is 2.17. The van der Waals surface area contributed by atoms with Crippen molar-refractivity contribution in [2.45, 2.75) is 13.2 Å². The smallest absolute Gasteiger partial charge is 0.128 e. The molecule has 0 fully saturated rings. The highest BCUT2D eigenvalue weighted by atomic mass is 16.5. The monoisotopic (exact) mass is 237 g/mol. The molecule has 3 nitrogen and oxygen atoms in total. The minimum Gasteiger partial charge on any atom is -0.488 e. The van der Waals surface area contributed by atoms with Gasteiger partial charge in [0.15, 0.2) is 0 Å². The maximum Gasteiger partial charge on any atom is 0.128 e. The van der Waals surface area contributed by atoms with E-state index in [9.17, 15) is 0 Å². The van der Waals surface area contributed by atoms with Crippen molar-refractivity contribution in [3.8, 4) is 22.9 Å². The second kappa shape index (κ2) is 4.17. The fourth-order valence-corrected chi connectivity index (χ4v) is 2.21. The maximum absolute atomic E-state index is 9.11. The summed E-state index contributed by atoms with van der Waals surface area (Å²) in [5.74, 6) is 0.791. The van der Waals surface area contributed by atoms with Crippen LogP contribution in [0.1, 0.15) is 16.7 Å². The van der Waals surface area contributed by atoms with Crippen LogP contribution < -0.4 is 4.74 Å². The third kappa shape index (κ3) is 1.64. The first-order chi connectivity index (χ1) is 8.81. The zero-order valence-corrected chi connectivity index (χ0v) is 9.68. The second-order valence-electron chi connectivity index (χ2n) is 4.26. The zero-order valence-electron chi connectivity index (χ0n) is 9.68. The van der Waals surface area contributed by atoms with E-state index in [0.29, 0.717) is 12.2 Å². The molecule has 3 heteroatoms. The van der Waals surface area contributed by atoms with E-state index >= 15 is 0 Å². The molecule has 0 spiro atoms. The molecule has 1 N–H and O–H groups in total. The standard InChI is InChI=1S/C15H11NO2/c16-7-10-1-3-13-12(5-10)9-18-15-6-11(8-17)2-4-14(13)15/h1-6,17H,8-9H2. The third-order valence-corrected chi connectivity index (χ3v) is 3.14. The Morgan fingerprint density at radius 2 is 2.00 bits per heavy atom. The lowest BCUT2D eigenvalue weighted by Gasteiger charge is -2.21. The van der Waals surface area contributed by atoms with Gasteiger partial charge >= 0.3 is 0 Å². The van der Waals surface area contributed by atoms with Crippen molar-refractivity contribution in [3.05, 3.63) is 53.1 Å². The van der Waals surface area contributed by atoms with E-state index in [0.717, 1.165) is 28.0 Å². The van der Waals surface area contributed by atoms with Crippen LogP contribution in [0.4, 0.5) is 0 Å². The van der Waals surface area contributed by atoms with Gasteiger partial charge in [-0.25, -0.2) is 0 Å². The summed E-state index contributed by atoms with van der Waals surface area (Å²) in [6.07, 6.45) is 0. The van der Waals surface area contributed by atoms with Crippen LogP contribution in [0, 0.1) is 11.3 Å². The van der Waals surface area contributed by atoms with Crippen LogP contribution in [0.3, 0.4) is 0 Å². The molecule has 0 atom stereocenters. The van der Waals surface area contributed by atoms with Gasteiger partial charge in [-0.1, -0.05) is 18.2 Å². The predicted octanol–water partition coefficient (Wildman–Crippen LogP) is 2.61. The molecule has 2 aromatic carbocycles. The number of benzene rings is 2. The number of hydrogen-bond acceptors (Lipinski definition) is 3. The number of fused-ring (bicyclic) bond motifs is 3. The summed E-state index contributed by atoms with van der Waals surface area (Å²) in [6.45, 7) is 0.476. The largest absolute Gasteiger partial charge is 0.488 e. The third-order valence-electron chi connectivity index (χ3n) is 3.14. The summed E-state index contributed by atoms with van der Waals surface area (Å²) in [5.41, 5.74) is 4.62. The Morgan fingerprint density at radius 1 is 1.17 bits per heavy atom. The number of aliphatic hydroxyl groups is 1. The Kier molecular flexibility index (Phi) is 2.51. The van der Waals surface area contributed by atoms with Gasteiger partial charge in [-0.2, -0.15) is 5.26 Å². The molecule has 0 saturated heterocycles. The molecule has 1 aliphatic heterocycles. The lowest BCUT2D eigenvalue weighted by Crippen LogP contribution is -2.06. The first-order valence-electron chi connectivity index (χ1n) is 5.72. The van der Waals surface area contributed by atoms with Crippen molar-refractivity contribution >= 4 is 0 Å². The van der Waals surface area contributed by atoms with E-state index in [-0.39, 0.29) is 6.61 Å². The van der Waals surface area contributed by atoms with Crippen molar-refractivity contribution in [2.75, 3.05) is 0 Å². The minimum absolute atomic E-state index is 0.0108. The first kappa shape index (κ1) is 10.8. The minimum atomic E-state index is 0.0108. The average Bonchev–Trinajstić information content (AvgIpc) is 2.45. The van der Waals surface area contributed by atoms with Gasteiger partial charge in [0, 0.05) is 5.56 Å². The lowest BCUT2D eigenvalue weighted by molar-refractivity contribution is 0.277. The van der Waals surface area contributed by atoms with Crippen LogP contribution in [0.5, 0.6) is 5.75 Å². The first-order valence-corrected chi connectivity index (χ1v) is 5.72. The lowest BCUT2D eigenvalue weighted by atomic mass is 9.94. The molecule has 0 aliphatic carbocycles. The zero-order chi connectivity index (χ0) is 12.5. The van der Waals surface area contributed by atoms with Gasteiger partial charge in [0.1, 0.15) is 12.4 Å². The summed E-state index contributed by atoms with van der Waals surface area (Å²) >= 11 is 0. The summed E-state index contributed by atoms with van der Waals surface area (Å²) in [7, 11) is 0. The number of ether oxygens (including phenoxy) is 1. The molecule has 18 heavy (non-hydrogen) atoms. The van der Waals surface area contributed by atoms with Crippen LogP contribution in [-0.4, -0.2) is 5.11 Å². The normalized spacial score (nSPS) is 12.0. The molecule has 1 heterocycles. The van der Waals surface area contributed by atoms with Crippen LogP contribution in [0.25, 0.3) is 11.1 Å². The molecule has 0 amide bonds. The summed E-state index contributed by atoms with van der Waals surface area (Å²) < 4.78 is 5.67. The van der Waals surface area contributed by atoms with Gasteiger partial charge in [-0.05, 0) is 34.9 Å². The van der Waals surface area contributed by atoms with E-state index in [4.69, 9.17) is 15.1 Å². The van der Waals surface area contributed by atoms with Gasteiger partial charge in [0.05, 0.1) is 18.2 Å². The predicted molar refractivity (Wildman–Crippen MR) is 66.8 cm³/mol. The van der Waals surface area contributed by atoms with Crippen molar-refractivity contribution in [1.29, 1.82) is 5.26 Å². The van der Waals surface area contributed by atoms with Crippen molar-refractivity contribution < 1.29 is 9.84 Å². The van der Waals surface area contributed by atoms with E-state index in [2.05, 4.69) is 6.07 Å². The number of rotatable bonds is 1. The number of nitriles is 1. The topological polar surface area (TPSA) is 53.2 Å².